The SMILES string of the molecule is CNc1ccc(-c2cnc(-c3ccc(NC(=O)[C@@H]4CC(C)[C@H](C)N4C(=O)OC(C)(C)C)cc3)o2)cc1. The molecule has 0 aliphatic carbocycles. The minimum atomic E-state index is -0.630. The van der Waals surface area contributed by atoms with E-state index in [4.69, 9.17) is 9.15 Å². The van der Waals surface area contributed by atoms with Crippen LogP contribution in [0.5, 0.6) is 0 Å². The monoisotopic (exact) mass is 490 g/mol. The number of benzene rings is 2. The van der Waals surface area contributed by atoms with Crippen molar-refractivity contribution in [1.82, 2.24) is 9.88 Å². The molecular weight excluding hydrogens is 456 g/mol. The third-order valence-corrected chi connectivity index (χ3v) is 6.46. The highest BCUT2D eigenvalue weighted by Crippen LogP contribution is 2.32. The molecule has 0 radical (unpaired) electrons. The number of likely N-dealkylation sites (tertiary alicyclic amines) is 1. The predicted molar refractivity (Wildman–Crippen MR) is 141 cm³/mol. The number of carbonyl (C=O) groups excluding carboxylic acids is 2. The number of hydrogen-bond acceptors (Lipinski definition) is 6. The minimum absolute atomic E-state index is 0.0911. The van der Waals surface area contributed by atoms with Crippen LogP contribution in [0.25, 0.3) is 22.8 Å². The van der Waals surface area contributed by atoms with Gasteiger partial charge in [-0.15, -0.1) is 0 Å². The van der Waals surface area contributed by atoms with Crippen LogP contribution < -0.4 is 10.6 Å². The number of nitrogens with one attached hydrogen (secondary N) is 2. The summed E-state index contributed by atoms with van der Waals surface area (Å²) < 4.78 is 11.5. The zero-order chi connectivity index (χ0) is 26.0. The van der Waals surface area contributed by atoms with E-state index < -0.39 is 17.7 Å². The van der Waals surface area contributed by atoms with Crippen molar-refractivity contribution in [3.8, 4) is 22.8 Å². The number of carbonyl (C=O) groups is 2. The van der Waals surface area contributed by atoms with Gasteiger partial charge >= 0.3 is 6.09 Å². The Labute approximate surface area is 212 Å². The molecule has 36 heavy (non-hydrogen) atoms. The van der Waals surface area contributed by atoms with Gasteiger partial charge in [-0.1, -0.05) is 6.92 Å². The molecule has 190 valence electrons. The van der Waals surface area contributed by atoms with Crippen LogP contribution in [0.3, 0.4) is 0 Å². The van der Waals surface area contributed by atoms with Gasteiger partial charge in [0, 0.05) is 35.6 Å². The summed E-state index contributed by atoms with van der Waals surface area (Å²) in [4.78, 5) is 31.9. The number of anilines is 2. The first-order valence-electron chi connectivity index (χ1n) is 12.2. The summed E-state index contributed by atoms with van der Waals surface area (Å²) >= 11 is 0. The number of rotatable bonds is 5. The van der Waals surface area contributed by atoms with Gasteiger partial charge in [0.05, 0.1) is 6.20 Å². The Hall–Kier alpha value is -3.81. The fourth-order valence-electron chi connectivity index (χ4n) is 4.33. The van der Waals surface area contributed by atoms with Crippen LogP contribution in [-0.4, -0.2) is 46.6 Å². The molecule has 4 rings (SSSR count). The van der Waals surface area contributed by atoms with Crippen LogP contribution in [-0.2, 0) is 9.53 Å². The quantitative estimate of drug-likeness (QED) is 0.454. The zero-order valence-electron chi connectivity index (χ0n) is 21.7. The fourth-order valence-corrected chi connectivity index (χ4v) is 4.33. The fraction of sp³-hybridized carbons (Fsp3) is 0.393. The molecule has 2 N–H and O–H groups in total. The Morgan fingerprint density at radius 2 is 1.61 bits per heavy atom. The molecule has 8 nitrogen and oxygen atoms in total. The highest BCUT2D eigenvalue weighted by atomic mass is 16.6. The van der Waals surface area contributed by atoms with Gasteiger partial charge in [0.1, 0.15) is 11.6 Å². The van der Waals surface area contributed by atoms with Gasteiger partial charge in [-0.2, -0.15) is 0 Å². The summed E-state index contributed by atoms with van der Waals surface area (Å²) in [7, 11) is 1.87. The van der Waals surface area contributed by atoms with Gasteiger partial charge < -0.3 is 19.8 Å². The standard InChI is InChI=1S/C28H34N4O4/c1-17-15-23(32(18(17)2)27(34)36-28(3,4)5)25(33)31-22-13-9-20(10-14-22)26-30-16-24(35-26)19-7-11-21(29-6)12-8-19/h7-14,16-18,23,29H,15H2,1-6H3,(H,31,33)/t17?,18-,23-/m0/s1. The number of amides is 2. The smallest absolute Gasteiger partial charge is 0.411 e. The topological polar surface area (TPSA) is 96.7 Å². The van der Waals surface area contributed by atoms with Gasteiger partial charge in [0.25, 0.3) is 0 Å². The van der Waals surface area contributed by atoms with Crippen LogP contribution >= 0.6 is 0 Å². The second-order valence-electron chi connectivity index (χ2n) is 10.3. The molecule has 1 aliphatic rings. The number of aromatic nitrogens is 1. The van der Waals surface area contributed by atoms with Crippen molar-refractivity contribution >= 4 is 23.4 Å². The molecule has 0 bridgehead atoms. The molecule has 3 aromatic rings. The summed E-state index contributed by atoms with van der Waals surface area (Å²) in [5.41, 5.74) is 2.76. The molecule has 0 spiro atoms. The lowest BCUT2D eigenvalue weighted by atomic mass is 10.0. The van der Waals surface area contributed by atoms with E-state index in [0.717, 1.165) is 16.8 Å². The van der Waals surface area contributed by atoms with Crippen molar-refractivity contribution in [2.75, 3.05) is 17.7 Å². The number of ether oxygens (including phenoxy) is 1. The Kier molecular flexibility index (Phi) is 7.06. The largest absolute Gasteiger partial charge is 0.444 e. The van der Waals surface area contributed by atoms with E-state index in [1.54, 1.807) is 23.2 Å². The molecule has 0 saturated carbocycles. The van der Waals surface area contributed by atoms with Gasteiger partial charge in [-0.05, 0) is 88.6 Å². The highest BCUT2D eigenvalue weighted by molar-refractivity contribution is 5.97. The van der Waals surface area contributed by atoms with Gasteiger partial charge in [0.15, 0.2) is 5.76 Å². The molecule has 3 atom stereocenters. The zero-order valence-corrected chi connectivity index (χ0v) is 21.7. The van der Waals surface area contributed by atoms with E-state index >= 15 is 0 Å². The van der Waals surface area contributed by atoms with E-state index in [1.165, 1.54) is 0 Å². The number of hydrogen-bond donors (Lipinski definition) is 2. The third kappa shape index (κ3) is 5.53. The Bertz CT molecular complexity index is 1210. The van der Waals surface area contributed by atoms with Crippen molar-refractivity contribution < 1.29 is 18.7 Å². The first kappa shape index (κ1) is 25.3. The predicted octanol–water partition coefficient (Wildman–Crippen LogP) is 6.02. The maximum absolute atomic E-state index is 13.2. The molecule has 2 heterocycles. The van der Waals surface area contributed by atoms with Gasteiger partial charge in [-0.3, -0.25) is 9.69 Å². The molecule has 1 aromatic heterocycles. The van der Waals surface area contributed by atoms with Crippen LogP contribution in [0.4, 0.5) is 16.2 Å². The van der Waals surface area contributed by atoms with Crippen LogP contribution in [0.1, 0.15) is 41.0 Å². The Morgan fingerprint density at radius 1 is 1.00 bits per heavy atom. The van der Waals surface area contributed by atoms with Crippen molar-refractivity contribution in [3.63, 3.8) is 0 Å². The molecule has 2 aromatic carbocycles. The Balaban J connectivity index is 1.44. The Morgan fingerprint density at radius 3 is 2.22 bits per heavy atom. The second-order valence-corrected chi connectivity index (χ2v) is 10.3. The maximum atomic E-state index is 13.2. The van der Waals surface area contributed by atoms with Gasteiger partial charge in [-0.25, -0.2) is 9.78 Å². The molecular formula is C28H34N4O4. The molecule has 1 fully saturated rings. The molecule has 1 saturated heterocycles. The maximum Gasteiger partial charge on any atom is 0.411 e. The summed E-state index contributed by atoms with van der Waals surface area (Å²) in [6, 6.07) is 14.5. The van der Waals surface area contributed by atoms with Crippen LogP contribution in [0.15, 0.2) is 59.1 Å². The summed E-state index contributed by atoms with van der Waals surface area (Å²) in [5, 5.41) is 6.04. The van der Waals surface area contributed by atoms with E-state index in [0.29, 0.717) is 23.8 Å². The summed E-state index contributed by atoms with van der Waals surface area (Å²) in [6.07, 6.45) is 1.82. The van der Waals surface area contributed by atoms with Crippen molar-refractivity contribution in [3.05, 3.63) is 54.7 Å². The molecule has 8 heteroatoms. The summed E-state index contributed by atoms with van der Waals surface area (Å²) in [5.74, 6) is 1.13. The average molecular weight is 491 g/mol. The van der Waals surface area contributed by atoms with Crippen molar-refractivity contribution in [1.29, 1.82) is 0 Å². The first-order valence-corrected chi connectivity index (χ1v) is 12.2. The van der Waals surface area contributed by atoms with Crippen LogP contribution in [0.2, 0.25) is 0 Å². The van der Waals surface area contributed by atoms with Gasteiger partial charge in [0.2, 0.25) is 11.8 Å². The highest BCUT2D eigenvalue weighted by Gasteiger charge is 2.44. The molecule has 1 aliphatic heterocycles. The number of nitrogens with zero attached hydrogens (tertiary/aromatic N) is 2. The second kappa shape index (κ2) is 10.0. The average Bonchev–Trinajstić information content (AvgIpc) is 3.44. The lowest BCUT2D eigenvalue weighted by molar-refractivity contribution is -0.120. The first-order chi connectivity index (χ1) is 17.1. The van der Waals surface area contributed by atoms with E-state index in [2.05, 4.69) is 15.6 Å². The van der Waals surface area contributed by atoms with Crippen LogP contribution in [0, 0.1) is 5.92 Å². The lowest BCUT2D eigenvalue weighted by Gasteiger charge is -2.31. The molecule has 2 amide bonds. The normalized spacial score (nSPS) is 19.7. The summed E-state index contributed by atoms with van der Waals surface area (Å²) in [6.45, 7) is 9.46. The van der Waals surface area contributed by atoms with Crippen molar-refractivity contribution in [2.45, 2.75) is 58.7 Å². The van der Waals surface area contributed by atoms with Crippen molar-refractivity contribution in [2.24, 2.45) is 5.92 Å². The lowest BCUT2D eigenvalue weighted by Crippen LogP contribution is -2.48. The molecule has 1 unspecified atom stereocenters. The van der Waals surface area contributed by atoms with E-state index in [-0.39, 0.29) is 17.9 Å². The van der Waals surface area contributed by atoms with E-state index in [9.17, 15) is 9.59 Å². The van der Waals surface area contributed by atoms with E-state index in [1.807, 2.05) is 78.1 Å². The number of oxazole rings is 1. The minimum Gasteiger partial charge on any atom is -0.444 e. The third-order valence-electron chi connectivity index (χ3n) is 6.46.